The summed E-state index contributed by atoms with van der Waals surface area (Å²) in [4.78, 5) is 30.9. The quantitative estimate of drug-likeness (QED) is 0.331. The van der Waals surface area contributed by atoms with Crippen molar-refractivity contribution in [2.45, 2.75) is 25.8 Å². The predicted molar refractivity (Wildman–Crippen MR) is 171 cm³/mol. The highest BCUT2D eigenvalue weighted by atomic mass is 16.1. The smallest absolute Gasteiger partial charge is 0.276 e. The Hall–Kier alpha value is -4.15. The van der Waals surface area contributed by atoms with Crippen molar-refractivity contribution in [1.29, 1.82) is 0 Å². The van der Waals surface area contributed by atoms with Crippen LogP contribution in [0.4, 0.5) is 34.4 Å². The van der Waals surface area contributed by atoms with Crippen molar-refractivity contribution in [3.05, 3.63) is 70.6 Å². The second-order valence-corrected chi connectivity index (χ2v) is 11.7. The number of rotatable bonds is 5. The van der Waals surface area contributed by atoms with Crippen molar-refractivity contribution >= 4 is 45.4 Å². The van der Waals surface area contributed by atoms with Gasteiger partial charge in [0, 0.05) is 68.8 Å². The number of anilines is 6. The van der Waals surface area contributed by atoms with Crippen LogP contribution >= 0.6 is 0 Å². The second-order valence-electron chi connectivity index (χ2n) is 11.7. The summed E-state index contributed by atoms with van der Waals surface area (Å²) in [5.41, 5.74) is 6.77. The van der Waals surface area contributed by atoms with Crippen LogP contribution in [0.2, 0.25) is 0 Å². The summed E-state index contributed by atoms with van der Waals surface area (Å²) in [6, 6.07) is 16.7. The van der Waals surface area contributed by atoms with Crippen LogP contribution in [0.15, 0.2) is 59.5 Å². The molecule has 0 unspecified atom stereocenters. The van der Waals surface area contributed by atoms with Gasteiger partial charge < -0.3 is 30.7 Å². The molecule has 0 bridgehead atoms. The van der Waals surface area contributed by atoms with Gasteiger partial charge in [0.05, 0.1) is 17.4 Å². The Morgan fingerprint density at radius 1 is 0.976 bits per heavy atom. The average molecular weight is 566 g/mol. The maximum absolute atomic E-state index is 14.3. The molecule has 3 aliphatic heterocycles. The van der Waals surface area contributed by atoms with Crippen LogP contribution in [0.3, 0.4) is 0 Å². The number of piperidine rings is 1. The van der Waals surface area contributed by atoms with Crippen molar-refractivity contribution in [2.75, 3.05) is 79.8 Å². The van der Waals surface area contributed by atoms with Gasteiger partial charge in [0.1, 0.15) is 11.3 Å². The lowest BCUT2D eigenvalue weighted by Gasteiger charge is -2.34. The minimum absolute atomic E-state index is 0.00765. The highest BCUT2D eigenvalue weighted by molar-refractivity contribution is 5.85. The van der Waals surface area contributed by atoms with E-state index in [4.69, 9.17) is 4.98 Å². The van der Waals surface area contributed by atoms with Crippen molar-refractivity contribution in [2.24, 2.45) is 0 Å². The van der Waals surface area contributed by atoms with Crippen molar-refractivity contribution in [3.63, 3.8) is 0 Å². The van der Waals surface area contributed by atoms with Gasteiger partial charge in [-0.25, -0.2) is 4.98 Å². The molecule has 3 aliphatic rings. The second kappa shape index (κ2) is 11.3. The van der Waals surface area contributed by atoms with E-state index in [2.05, 4.69) is 92.1 Å². The number of aromatic nitrogens is 3. The number of piperazine rings is 1. The van der Waals surface area contributed by atoms with Gasteiger partial charge in [0.25, 0.3) is 5.56 Å². The van der Waals surface area contributed by atoms with Crippen LogP contribution < -0.4 is 31.3 Å². The lowest BCUT2D eigenvalue weighted by Crippen LogP contribution is -2.44. The Bertz CT molecular complexity index is 1640. The molecule has 0 amide bonds. The molecule has 7 rings (SSSR count). The standard InChI is InChI=1S/C32H39N9O/c1-22-5-3-7-27-29(22)34-13-14-40(27)28-19-23-20-35-32(37-30(23)41(31(28)42)26-6-4-12-33-21-26)36-24-8-10-25(11-9-24)39-17-15-38(2)16-18-39/h3,5,7-11,19-20,26,33-34H,4,6,12-18,21H2,1-2H3,(H,35,36,37)/t26-/m1/s1. The summed E-state index contributed by atoms with van der Waals surface area (Å²) in [5.74, 6) is 0.489. The molecule has 10 heteroatoms. The molecule has 2 saturated heterocycles. The normalized spacial score (nSPS) is 19.4. The molecule has 3 N–H and O–H groups in total. The molecule has 2 aromatic heterocycles. The van der Waals surface area contributed by atoms with Gasteiger partial charge in [0.15, 0.2) is 0 Å². The van der Waals surface area contributed by atoms with Gasteiger partial charge in [-0.15, -0.1) is 0 Å². The molecule has 10 nitrogen and oxygen atoms in total. The summed E-state index contributed by atoms with van der Waals surface area (Å²) in [6.45, 7) is 9.52. The van der Waals surface area contributed by atoms with Gasteiger partial charge in [0.2, 0.25) is 5.95 Å². The van der Waals surface area contributed by atoms with Crippen LogP contribution in [0.25, 0.3) is 11.0 Å². The molecular formula is C32H39N9O. The van der Waals surface area contributed by atoms with Crippen molar-refractivity contribution in [3.8, 4) is 0 Å². The van der Waals surface area contributed by atoms with E-state index >= 15 is 0 Å². The molecule has 0 saturated carbocycles. The number of para-hydroxylation sites is 1. The molecule has 218 valence electrons. The maximum atomic E-state index is 14.3. The molecule has 1 atom stereocenters. The number of aryl methyl sites for hydroxylation is 1. The van der Waals surface area contributed by atoms with Crippen LogP contribution in [0.5, 0.6) is 0 Å². The van der Waals surface area contributed by atoms with E-state index in [0.29, 0.717) is 23.8 Å². The Kier molecular flexibility index (Phi) is 7.17. The van der Waals surface area contributed by atoms with E-state index in [1.54, 1.807) is 0 Å². The fraction of sp³-hybridized carbons (Fsp3) is 0.406. The fourth-order valence-corrected chi connectivity index (χ4v) is 6.47. The Morgan fingerprint density at radius 3 is 2.60 bits per heavy atom. The van der Waals surface area contributed by atoms with E-state index in [1.807, 2.05) is 16.8 Å². The Morgan fingerprint density at radius 2 is 1.81 bits per heavy atom. The zero-order valence-electron chi connectivity index (χ0n) is 24.4. The first-order valence-corrected chi connectivity index (χ1v) is 15.1. The molecule has 2 fully saturated rings. The zero-order chi connectivity index (χ0) is 28.6. The lowest BCUT2D eigenvalue weighted by molar-refractivity contribution is 0.313. The molecule has 42 heavy (non-hydrogen) atoms. The predicted octanol–water partition coefficient (Wildman–Crippen LogP) is 4.08. The zero-order valence-corrected chi connectivity index (χ0v) is 24.4. The summed E-state index contributed by atoms with van der Waals surface area (Å²) in [7, 11) is 2.17. The van der Waals surface area contributed by atoms with Crippen LogP contribution in [0, 0.1) is 6.92 Å². The maximum Gasteiger partial charge on any atom is 0.276 e. The summed E-state index contributed by atoms with van der Waals surface area (Å²) >= 11 is 0. The molecule has 2 aromatic carbocycles. The van der Waals surface area contributed by atoms with E-state index < -0.39 is 0 Å². The van der Waals surface area contributed by atoms with E-state index in [0.717, 1.165) is 81.1 Å². The third kappa shape index (κ3) is 5.05. The summed E-state index contributed by atoms with van der Waals surface area (Å²) < 4.78 is 1.91. The number of benzene rings is 2. The Labute approximate surface area is 246 Å². The monoisotopic (exact) mass is 565 g/mol. The van der Waals surface area contributed by atoms with Crippen molar-refractivity contribution < 1.29 is 0 Å². The first-order chi connectivity index (χ1) is 20.5. The topological polar surface area (TPSA) is 93.6 Å². The summed E-state index contributed by atoms with van der Waals surface area (Å²) in [5, 5.41) is 11.3. The molecule has 0 aliphatic carbocycles. The highest BCUT2D eigenvalue weighted by Crippen LogP contribution is 2.36. The Balaban J connectivity index is 1.24. The minimum Gasteiger partial charge on any atom is -0.381 e. The number of nitrogens with zero attached hydrogens (tertiary/aromatic N) is 6. The third-order valence-corrected chi connectivity index (χ3v) is 8.85. The van der Waals surface area contributed by atoms with Crippen LogP contribution in [-0.2, 0) is 0 Å². The average Bonchev–Trinajstić information content (AvgIpc) is 3.02. The van der Waals surface area contributed by atoms with E-state index in [-0.39, 0.29) is 11.6 Å². The molecule has 4 aromatic rings. The number of fused-ring (bicyclic) bond motifs is 2. The van der Waals surface area contributed by atoms with Gasteiger partial charge in [-0.05, 0) is 75.3 Å². The van der Waals surface area contributed by atoms with Gasteiger partial charge in [-0.1, -0.05) is 12.1 Å². The number of nitrogens with one attached hydrogen (secondary N) is 3. The molecule has 0 spiro atoms. The van der Waals surface area contributed by atoms with Gasteiger partial charge in [-0.2, -0.15) is 4.98 Å². The SMILES string of the molecule is Cc1cccc2c1NCCN2c1cc2cnc(Nc3ccc(N4CCN(C)CC4)cc3)nc2n([C@@H]2CCCNC2)c1=O. The number of hydrogen-bond acceptors (Lipinski definition) is 9. The molecular weight excluding hydrogens is 526 g/mol. The van der Waals surface area contributed by atoms with Gasteiger partial charge in [-0.3, -0.25) is 9.36 Å². The highest BCUT2D eigenvalue weighted by Gasteiger charge is 2.27. The van der Waals surface area contributed by atoms with Crippen LogP contribution in [-0.4, -0.2) is 78.8 Å². The first kappa shape index (κ1) is 26.7. The first-order valence-electron chi connectivity index (χ1n) is 15.1. The van der Waals surface area contributed by atoms with E-state index in [1.165, 1.54) is 11.3 Å². The number of likely N-dealkylation sites (N-methyl/N-ethyl adjacent to an activating group) is 1. The van der Waals surface area contributed by atoms with E-state index in [9.17, 15) is 4.79 Å². The fourth-order valence-electron chi connectivity index (χ4n) is 6.47. The lowest BCUT2D eigenvalue weighted by atomic mass is 10.1. The van der Waals surface area contributed by atoms with Crippen LogP contribution in [0.1, 0.15) is 24.4 Å². The molecule has 5 heterocycles. The minimum atomic E-state index is -0.00765. The summed E-state index contributed by atoms with van der Waals surface area (Å²) in [6.07, 6.45) is 3.80. The van der Waals surface area contributed by atoms with Crippen molar-refractivity contribution in [1.82, 2.24) is 24.8 Å². The third-order valence-electron chi connectivity index (χ3n) is 8.85. The number of pyridine rings is 1. The molecule has 0 radical (unpaired) electrons. The largest absolute Gasteiger partial charge is 0.381 e. The number of hydrogen-bond donors (Lipinski definition) is 3. The van der Waals surface area contributed by atoms with Gasteiger partial charge >= 0.3 is 0 Å².